The van der Waals surface area contributed by atoms with Gasteiger partial charge in [0.05, 0.1) is 18.7 Å². The monoisotopic (exact) mass is 500 g/mol. The first-order chi connectivity index (χ1) is 11.9. The molecule has 0 saturated heterocycles. The van der Waals surface area contributed by atoms with Crippen molar-refractivity contribution in [2.24, 2.45) is 4.99 Å². The minimum Gasteiger partial charge on any atom is -0.491 e. The van der Waals surface area contributed by atoms with Crippen molar-refractivity contribution in [3.63, 3.8) is 0 Å². The fourth-order valence-corrected chi connectivity index (χ4v) is 2.75. The molecule has 10 heteroatoms. The van der Waals surface area contributed by atoms with E-state index in [1.165, 1.54) is 18.2 Å². The van der Waals surface area contributed by atoms with Crippen LogP contribution in [0.1, 0.15) is 15.4 Å². The number of aromatic nitrogens is 1. The van der Waals surface area contributed by atoms with Crippen molar-refractivity contribution in [1.29, 1.82) is 0 Å². The van der Waals surface area contributed by atoms with Crippen molar-refractivity contribution >= 4 is 41.3 Å². The van der Waals surface area contributed by atoms with Crippen LogP contribution in [-0.2, 0) is 12.7 Å². The van der Waals surface area contributed by atoms with E-state index in [4.69, 9.17) is 4.74 Å². The Morgan fingerprint density at radius 1 is 1.27 bits per heavy atom. The van der Waals surface area contributed by atoms with Crippen LogP contribution in [0.5, 0.6) is 5.75 Å². The molecule has 2 rings (SSSR count). The number of halogens is 4. The van der Waals surface area contributed by atoms with Gasteiger partial charge in [0, 0.05) is 18.1 Å². The van der Waals surface area contributed by atoms with E-state index < -0.39 is 11.7 Å². The number of para-hydroxylation sites is 1. The highest BCUT2D eigenvalue weighted by Crippen LogP contribution is 2.35. The Labute approximate surface area is 171 Å². The van der Waals surface area contributed by atoms with Gasteiger partial charge in [-0.2, -0.15) is 13.2 Å². The van der Waals surface area contributed by atoms with Crippen LogP contribution in [0.3, 0.4) is 0 Å². The van der Waals surface area contributed by atoms with Crippen LogP contribution in [0.4, 0.5) is 13.2 Å². The lowest BCUT2D eigenvalue weighted by atomic mass is 10.2. The van der Waals surface area contributed by atoms with Gasteiger partial charge in [0.2, 0.25) is 0 Å². The number of nitrogens with one attached hydrogen (secondary N) is 2. The van der Waals surface area contributed by atoms with Crippen LogP contribution in [0.25, 0.3) is 0 Å². The van der Waals surface area contributed by atoms with Crippen LogP contribution in [0.2, 0.25) is 0 Å². The minimum atomic E-state index is -4.44. The van der Waals surface area contributed by atoms with E-state index in [0.29, 0.717) is 19.0 Å². The van der Waals surface area contributed by atoms with Gasteiger partial charge in [0.1, 0.15) is 17.4 Å². The molecule has 26 heavy (non-hydrogen) atoms. The number of rotatable bonds is 6. The number of aryl methyl sites for hydroxylation is 1. The Morgan fingerprint density at radius 3 is 2.62 bits per heavy atom. The second kappa shape index (κ2) is 10.6. The largest absolute Gasteiger partial charge is 0.491 e. The maximum atomic E-state index is 12.9. The maximum absolute atomic E-state index is 12.9. The molecule has 0 atom stereocenters. The molecule has 0 radical (unpaired) electrons. The number of aliphatic imine (C=N–C) groups is 1. The average Bonchev–Trinajstić information content (AvgIpc) is 2.99. The molecule has 0 aliphatic heterocycles. The molecular formula is C16H20F3IN4OS. The molecule has 1 heterocycles. The Hall–Kier alpha value is -1.56. The smallest absolute Gasteiger partial charge is 0.419 e. The molecular weight excluding hydrogens is 480 g/mol. The van der Waals surface area contributed by atoms with Gasteiger partial charge in [-0.15, -0.1) is 35.3 Å². The topological polar surface area (TPSA) is 58.5 Å². The molecule has 5 nitrogen and oxygen atoms in total. The predicted octanol–water partition coefficient (Wildman–Crippen LogP) is 3.83. The lowest BCUT2D eigenvalue weighted by Gasteiger charge is -2.15. The number of nitrogens with zero attached hydrogens (tertiary/aromatic N) is 2. The van der Waals surface area contributed by atoms with Gasteiger partial charge < -0.3 is 15.4 Å². The van der Waals surface area contributed by atoms with Gasteiger partial charge in [-0.3, -0.25) is 4.99 Å². The highest BCUT2D eigenvalue weighted by molar-refractivity contribution is 14.0. The lowest BCUT2D eigenvalue weighted by Crippen LogP contribution is -2.38. The van der Waals surface area contributed by atoms with Crippen molar-refractivity contribution in [2.75, 3.05) is 20.2 Å². The average molecular weight is 500 g/mol. The summed E-state index contributed by atoms with van der Waals surface area (Å²) in [4.78, 5) is 9.40. The zero-order valence-corrected chi connectivity index (χ0v) is 17.4. The quantitative estimate of drug-likeness (QED) is 0.274. The third-order valence-corrected chi connectivity index (χ3v) is 4.06. The summed E-state index contributed by atoms with van der Waals surface area (Å²) in [5.41, 5.74) is -0.781. The predicted molar refractivity (Wildman–Crippen MR) is 107 cm³/mol. The minimum absolute atomic E-state index is 0. The van der Waals surface area contributed by atoms with E-state index in [1.807, 2.05) is 6.92 Å². The molecule has 0 aliphatic rings. The van der Waals surface area contributed by atoms with E-state index in [-0.39, 0.29) is 36.3 Å². The molecule has 0 bridgehead atoms. The highest BCUT2D eigenvalue weighted by Gasteiger charge is 2.33. The van der Waals surface area contributed by atoms with Crippen molar-refractivity contribution in [3.8, 4) is 5.75 Å². The molecule has 0 aliphatic carbocycles. The Bertz CT molecular complexity index is 722. The zero-order valence-electron chi connectivity index (χ0n) is 14.3. The molecule has 2 N–H and O–H groups in total. The summed E-state index contributed by atoms with van der Waals surface area (Å²) in [5, 5.41) is 7.00. The summed E-state index contributed by atoms with van der Waals surface area (Å²) in [5.74, 6) is 0.346. The lowest BCUT2D eigenvalue weighted by molar-refractivity contribution is -0.138. The fraction of sp³-hybridized carbons (Fsp3) is 0.375. The summed E-state index contributed by atoms with van der Waals surface area (Å²) in [7, 11) is 1.61. The first-order valence-corrected chi connectivity index (χ1v) is 8.36. The van der Waals surface area contributed by atoms with E-state index in [9.17, 15) is 13.2 Å². The standard InChI is InChI=1S/C16H19F3N4OS.HI/c1-11-9-22-14(25-11)10-23-15(20-2)21-7-8-24-13-6-4-3-5-12(13)16(17,18)19;/h3-6,9H,7-8,10H2,1-2H3,(H2,20,21,23);1H. The second-order valence-electron chi connectivity index (χ2n) is 5.06. The van der Waals surface area contributed by atoms with Crippen LogP contribution >= 0.6 is 35.3 Å². The Balaban J connectivity index is 0.00000338. The highest BCUT2D eigenvalue weighted by atomic mass is 127. The molecule has 144 valence electrons. The number of alkyl halides is 3. The molecule has 0 saturated carbocycles. The zero-order chi connectivity index (χ0) is 18.3. The van der Waals surface area contributed by atoms with E-state index >= 15 is 0 Å². The van der Waals surface area contributed by atoms with E-state index in [2.05, 4.69) is 20.6 Å². The number of hydrogen-bond donors (Lipinski definition) is 2. The summed E-state index contributed by atoms with van der Waals surface area (Å²) in [6, 6.07) is 5.15. The van der Waals surface area contributed by atoms with Gasteiger partial charge >= 0.3 is 6.18 Å². The van der Waals surface area contributed by atoms with Gasteiger partial charge in [-0.05, 0) is 19.1 Å². The van der Waals surface area contributed by atoms with Crippen LogP contribution in [0.15, 0.2) is 35.5 Å². The van der Waals surface area contributed by atoms with Gasteiger partial charge in [-0.25, -0.2) is 4.98 Å². The Morgan fingerprint density at radius 2 is 2.00 bits per heavy atom. The van der Waals surface area contributed by atoms with Gasteiger partial charge in [0.15, 0.2) is 5.96 Å². The SMILES string of the molecule is CN=C(NCCOc1ccccc1C(F)(F)F)NCc1ncc(C)s1.I. The van der Waals surface area contributed by atoms with Gasteiger partial charge in [-0.1, -0.05) is 12.1 Å². The number of ether oxygens (including phenoxy) is 1. The third-order valence-electron chi connectivity index (χ3n) is 3.14. The molecule has 0 amide bonds. The van der Waals surface area contributed by atoms with Crippen molar-refractivity contribution in [3.05, 3.63) is 45.9 Å². The molecule has 0 fully saturated rings. The number of thiazole rings is 1. The van der Waals surface area contributed by atoms with Crippen molar-refractivity contribution < 1.29 is 17.9 Å². The molecule has 1 aromatic carbocycles. The summed E-state index contributed by atoms with van der Waals surface area (Å²) in [6.07, 6.45) is -2.64. The summed E-state index contributed by atoms with van der Waals surface area (Å²) < 4.78 is 43.9. The second-order valence-corrected chi connectivity index (χ2v) is 6.38. The van der Waals surface area contributed by atoms with Crippen molar-refractivity contribution in [1.82, 2.24) is 15.6 Å². The molecule has 0 spiro atoms. The summed E-state index contributed by atoms with van der Waals surface area (Å²) in [6.45, 7) is 2.88. The molecule has 0 unspecified atom stereocenters. The first-order valence-electron chi connectivity index (χ1n) is 7.55. The molecule has 2 aromatic rings. The van der Waals surface area contributed by atoms with Crippen LogP contribution in [0, 0.1) is 6.92 Å². The maximum Gasteiger partial charge on any atom is 0.419 e. The number of guanidine groups is 1. The summed E-state index contributed by atoms with van der Waals surface area (Å²) >= 11 is 1.58. The first kappa shape index (κ1) is 22.5. The third kappa shape index (κ3) is 6.98. The number of benzene rings is 1. The number of hydrogen-bond acceptors (Lipinski definition) is 4. The van der Waals surface area contributed by atoms with Crippen LogP contribution in [-0.4, -0.2) is 31.1 Å². The van der Waals surface area contributed by atoms with Crippen molar-refractivity contribution in [2.45, 2.75) is 19.6 Å². The Kier molecular flexibility index (Phi) is 9.13. The van der Waals surface area contributed by atoms with Gasteiger partial charge in [0.25, 0.3) is 0 Å². The molecule has 1 aromatic heterocycles. The van der Waals surface area contributed by atoms with E-state index in [1.54, 1.807) is 24.6 Å². The fourth-order valence-electron chi connectivity index (χ4n) is 2.02. The van der Waals surface area contributed by atoms with Crippen LogP contribution < -0.4 is 15.4 Å². The van der Waals surface area contributed by atoms with E-state index in [0.717, 1.165) is 16.0 Å². The normalized spacial score (nSPS) is 11.7.